The fraction of sp³-hybridized carbons (Fsp3) is 0.417. The summed E-state index contributed by atoms with van der Waals surface area (Å²) in [7, 11) is 1.60. The number of fused-ring (bicyclic) bond motifs is 1. The molecule has 90 valence electrons. The van der Waals surface area contributed by atoms with Crippen LogP contribution in [-0.4, -0.2) is 20.4 Å². The van der Waals surface area contributed by atoms with Crippen molar-refractivity contribution >= 4 is 0 Å². The van der Waals surface area contributed by atoms with Gasteiger partial charge in [-0.05, 0) is 17.7 Å². The summed E-state index contributed by atoms with van der Waals surface area (Å²) in [6.45, 7) is 1.58. The van der Waals surface area contributed by atoms with Crippen LogP contribution in [0.2, 0.25) is 0 Å². The molecule has 0 unspecified atom stereocenters. The van der Waals surface area contributed by atoms with Crippen LogP contribution in [0.1, 0.15) is 12.0 Å². The summed E-state index contributed by atoms with van der Waals surface area (Å²) in [6, 6.07) is 5.92. The molecule has 1 aromatic carbocycles. The van der Waals surface area contributed by atoms with Crippen LogP contribution in [0.25, 0.3) is 0 Å². The van der Waals surface area contributed by atoms with Crippen LogP contribution in [0.3, 0.4) is 0 Å². The zero-order valence-corrected chi connectivity index (χ0v) is 9.66. The first-order chi connectivity index (χ1) is 8.35. The third-order valence-electron chi connectivity index (χ3n) is 2.46. The summed E-state index contributed by atoms with van der Waals surface area (Å²) in [4.78, 5) is 0. The number of ether oxygens (including phenoxy) is 3. The van der Waals surface area contributed by atoms with Gasteiger partial charge in [-0.15, -0.1) is 0 Å². The van der Waals surface area contributed by atoms with E-state index in [1.165, 1.54) is 0 Å². The van der Waals surface area contributed by atoms with Crippen molar-refractivity contribution in [2.45, 2.75) is 13.0 Å². The maximum absolute atomic E-state index is 8.43. The molecule has 0 spiro atoms. The topological polar surface area (TPSA) is 63.5 Å². The number of benzene rings is 1. The molecule has 1 heterocycles. The van der Waals surface area contributed by atoms with Crippen molar-refractivity contribution in [1.82, 2.24) is 5.32 Å². The quantitative estimate of drug-likeness (QED) is 0.781. The molecule has 0 atom stereocenters. The van der Waals surface area contributed by atoms with Gasteiger partial charge in [-0.3, -0.25) is 0 Å². The monoisotopic (exact) mass is 234 g/mol. The highest BCUT2D eigenvalue weighted by Crippen LogP contribution is 2.41. The normalized spacial score (nSPS) is 12.2. The van der Waals surface area contributed by atoms with Gasteiger partial charge >= 0.3 is 0 Å². The molecule has 0 aromatic heterocycles. The first-order valence-electron chi connectivity index (χ1n) is 5.39. The molecule has 17 heavy (non-hydrogen) atoms. The summed E-state index contributed by atoms with van der Waals surface area (Å²) in [6.07, 6.45) is 0.502. The van der Waals surface area contributed by atoms with Gasteiger partial charge in [0.15, 0.2) is 11.5 Å². The molecule has 0 amide bonds. The smallest absolute Gasteiger partial charge is 0.231 e. The molecular weight excluding hydrogens is 220 g/mol. The standard InChI is InChI=1S/C12H14N2O3/c1-15-10-5-9(7-14-4-2-3-13)6-11-12(10)17-8-16-11/h5-6,14H,2,4,7-8H2,1H3. The number of methoxy groups -OCH3 is 1. The maximum Gasteiger partial charge on any atom is 0.231 e. The average Bonchev–Trinajstić information content (AvgIpc) is 2.81. The Hall–Kier alpha value is -1.93. The van der Waals surface area contributed by atoms with Gasteiger partial charge in [-0.1, -0.05) is 0 Å². The van der Waals surface area contributed by atoms with E-state index in [1.807, 2.05) is 12.1 Å². The first-order valence-corrected chi connectivity index (χ1v) is 5.39. The van der Waals surface area contributed by atoms with Gasteiger partial charge in [0.2, 0.25) is 12.5 Å². The lowest BCUT2D eigenvalue weighted by molar-refractivity contribution is 0.171. The van der Waals surface area contributed by atoms with Crippen LogP contribution in [-0.2, 0) is 6.54 Å². The summed E-state index contributed by atoms with van der Waals surface area (Å²) >= 11 is 0. The van der Waals surface area contributed by atoms with E-state index in [9.17, 15) is 0 Å². The van der Waals surface area contributed by atoms with E-state index >= 15 is 0 Å². The van der Waals surface area contributed by atoms with Crippen molar-refractivity contribution in [2.24, 2.45) is 0 Å². The maximum atomic E-state index is 8.43. The van der Waals surface area contributed by atoms with Crippen LogP contribution in [0.4, 0.5) is 0 Å². The summed E-state index contributed by atoms with van der Waals surface area (Å²) < 4.78 is 15.9. The van der Waals surface area contributed by atoms with Crippen molar-refractivity contribution in [3.63, 3.8) is 0 Å². The SMILES string of the molecule is COc1cc(CNCCC#N)cc2c1OCO2. The summed E-state index contributed by atoms with van der Waals surface area (Å²) in [5.41, 5.74) is 1.05. The van der Waals surface area contributed by atoms with Crippen molar-refractivity contribution in [3.05, 3.63) is 17.7 Å². The Morgan fingerprint density at radius 2 is 2.35 bits per heavy atom. The Balaban J connectivity index is 2.06. The molecule has 0 saturated carbocycles. The van der Waals surface area contributed by atoms with Gasteiger partial charge < -0.3 is 19.5 Å². The molecular formula is C12H14N2O3. The fourth-order valence-corrected chi connectivity index (χ4v) is 1.66. The van der Waals surface area contributed by atoms with Crippen LogP contribution >= 0.6 is 0 Å². The number of rotatable bonds is 5. The van der Waals surface area contributed by atoms with E-state index in [2.05, 4.69) is 11.4 Å². The number of hydrogen-bond donors (Lipinski definition) is 1. The highest BCUT2D eigenvalue weighted by atomic mass is 16.7. The van der Waals surface area contributed by atoms with E-state index in [0.29, 0.717) is 36.8 Å². The highest BCUT2D eigenvalue weighted by Gasteiger charge is 2.19. The molecule has 2 rings (SSSR count). The van der Waals surface area contributed by atoms with E-state index in [0.717, 1.165) is 5.56 Å². The molecule has 0 saturated heterocycles. The predicted molar refractivity (Wildman–Crippen MR) is 61.1 cm³/mol. The van der Waals surface area contributed by atoms with Gasteiger partial charge in [0.25, 0.3) is 0 Å². The lowest BCUT2D eigenvalue weighted by atomic mass is 10.2. The second-order valence-electron chi connectivity index (χ2n) is 3.62. The van der Waals surface area contributed by atoms with E-state index in [1.54, 1.807) is 7.11 Å². The minimum atomic E-state index is 0.233. The molecule has 1 aromatic rings. The number of hydrogen-bond acceptors (Lipinski definition) is 5. The van der Waals surface area contributed by atoms with Gasteiger partial charge in [-0.2, -0.15) is 5.26 Å². The van der Waals surface area contributed by atoms with Crippen LogP contribution in [0, 0.1) is 11.3 Å². The second-order valence-corrected chi connectivity index (χ2v) is 3.62. The number of nitrogens with zero attached hydrogens (tertiary/aromatic N) is 1. The van der Waals surface area contributed by atoms with Crippen LogP contribution < -0.4 is 19.5 Å². The third kappa shape index (κ3) is 2.60. The fourth-order valence-electron chi connectivity index (χ4n) is 1.66. The van der Waals surface area contributed by atoms with Crippen molar-refractivity contribution < 1.29 is 14.2 Å². The summed E-state index contributed by atoms with van der Waals surface area (Å²) in [5.74, 6) is 2.05. The highest BCUT2D eigenvalue weighted by molar-refractivity contribution is 5.55. The van der Waals surface area contributed by atoms with Crippen LogP contribution in [0.5, 0.6) is 17.2 Å². The second kappa shape index (κ2) is 5.41. The average molecular weight is 234 g/mol. The first kappa shape index (κ1) is 11.6. The largest absolute Gasteiger partial charge is 0.493 e. The molecule has 1 aliphatic rings. The van der Waals surface area contributed by atoms with E-state index < -0.39 is 0 Å². The molecule has 5 nitrogen and oxygen atoms in total. The lowest BCUT2D eigenvalue weighted by Gasteiger charge is -2.08. The predicted octanol–water partition coefficient (Wildman–Crippen LogP) is 1.43. The van der Waals surface area contributed by atoms with Gasteiger partial charge in [0.1, 0.15) is 0 Å². The Labute approximate surface area is 99.9 Å². The number of nitrogens with one attached hydrogen (secondary N) is 1. The van der Waals surface area contributed by atoms with Crippen molar-refractivity contribution in [1.29, 1.82) is 5.26 Å². The molecule has 0 aliphatic carbocycles. The van der Waals surface area contributed by atoms with E-state index in [-0.39, 0.29) is 6.79 Å². The van der Waals surface area contributed by atoms with Crippen molar-refractivity contribution in [3.8, 4) is 23.3 Å². The van der Waals surface area contributed by atoms with Gasteiger partial charge in [-0.25, -0.2) is 0 Å². The third-order valence-corrected chi connectivity index (χ3v) is 2.46. The minimum absolute atomic E-state index is 0.233. The molecule has 0 bridgehead atoms. The summed E-state index contributed by atoms with van der Waals surface area (Å²) in [5, 5.41) is 11.6. The van der Waals surface area contributed by atoms with E-state index in [4.69, 9.17) is 19.5 Å². The molecule has 1 N–H and O–H groups in total. The lowest BCUT2D eigenvalue weighted by Crippen LogP contribution is -2.14. The van der Waals surface area contributed by atoms with Gasteiger partial charge in [0, 0.05) is 19.5 Å². The Morgan fingerprint density at radius 3 is 3.12 bits per heavy atom. The molecule has 0 fully saturated rings. The van der Waals surface area contributed by atoms with Crippen LogP contribution in [0.15, 0.2) is 12.1 Å². The molecule has 1 aliphatic heterocycles. The minimum Gasteiger partial charge on any atom is -0.493 e. The zero-order chi connectivity index (χ0) is 12.1. The molecule has 0 radical (unpaired) electrons. The number of nitriles is 1. The van der Waals surface area contributed by atoms with Crippen molar-refractivity contribution in [2.75, 3.05) is 20.4 Å². The Morgan fingerprint density at radius 1 is 1.47 bits per heavy atom. The molecule has 5 heteroatoms. The van der Waals surface area contributed by atoms with Gasteiger partial charge in [0.05, 0.1) is 13.2 Å². The Kier molecular flexibility index (Phi) is 3.68. The zero-order valence-electron chi connectivity index (χ0n) is 9.66. The Bertz CT molecular complexity index is 440.